The van der Waals surface area contributed by atoms with Crippen LogP contribution >= 0.6 is 11.6 Å². The Morgan fingerprint density at radius 3 is 2.39 bits per heavy atom. The highest BCUT2D eigenvalue weighted by Crippen LogP contribution is 2.65. The van der Waals surface area contributed by atoms with Gasteiger partial charge in [-0.25, -0.2) is 0 Å². The number of alkyl halides is 3. The second-order valence-corrected chi connectivity index (χ2v) is 5.81. The molecule has 1 aliphatic rings. The first kappa shape index (κ1) is 13.7. The lowest BCUT2D eigenvalue weighted by atomic mass is 9.98. The van der Waals surface area contributed by atoms with Gasteiger partial charge in [-0.1, -0.05) is 31.5 Å². The maximum absolute atomic E-state index is 13.0. The van der Waals surface area contributed by atoms with Gasteiger partial charge in [0.1, 0.15) is 0 Å². The molecule has 0 bridgehead atoms. The molecule has 0 heterocycles. The maximum Gasteiger partial charge on any atom is 0.416 e. The molecule has 0 aliphatic heterocycles. The summed E-state index contributed by atoms with van der Waals surface area (Å²) in [5, 5.41) is 0.105. The van der Waals surface area contributed by atoms with Crippen LogP contribution in [0.1, 0.15) is 30.9 Å². The molecule has 1 saturated carbocycles. The molecule has 1 aromatic rings. The Morgan fingerprint density at radius 1 is 1.33 bits per heavy atom. The quantitative estimate of drug-likeness (QED) is 0.867. The lowest BCUT2D eigenvalue weighted by molar-refractivity contribution is -0.138. The lowest BCUT2D eigenvalue weighted by Crippen LogP contribution is -2.10. The fourth-order valence-electron chi connectivity index (χ4n) is 2.85. The minimum absolute atomic E-state index is 0.0970. The van der Waals surface area contributed by atoms with Crippen LogP contribution in [0.4, 0.5) is 13.2 Å². The zero-order valence-electron chi connectivity index (χ0n) is 10.2. The van der Waals surface area contributed by atoms with E-state index in [1.165, 1.54) is 12.1 Å². The highest BCUT2D eigenvalue weighted by atomic mass is 35.5. The Kier molecular flexibility index (Phi) is 3.14. The first-order valence-electron chi connectivity index (χ1n) is 5.76. The second kappa shape index (κ2) is 4.14. The van der Waals surface area contributed by atoms with Crippen molar-refractivity contribution in [2.45, 2.75) is 25.9 Å². The number of nitrogens with two attached hydrogens (primary N) is 1. The first-order chi connectivity index (χ1) is 8.19. The van der Waals surface area contributed by atoms with E-state index in [-0.39, 0.29) is 22.3 Å². The normalized spacial score (nSPS) is 26.2. The molecule has 1 aromatic carbocycles. The van der Waals surface area contributed by atoms with Crippen molar-refractivity contribution in [3.8, 4) is 0 Å². The molecule has 0 unspecified atom stereocenters. The van der Waals surface area contributed by atoms with Gasteiger partial charge in [-0.3, -0.25) is 0 Å². The average Bonchev–Trinajstić information content (AvgIpc) is 2.79. The van der Waals surface area contributed by atoms with Gasteiger partial charge in [-0.15, -0.1) is 0 Å². The maximum atomic E-state index is 13.0. The molecule has 1 aliphatic carbocycles. The van der Waals surface area contributed by atoms with E-state index >= 15 is 0 Å². The van der Waals surface area contributed by atoms with Crippen molar-refractivity contribution in [2.24, 2.45) is 17.1 Å². The smallest absolute Gasteiger partial charge is 0.330 e. The van der Waals surface area contributed by atoms with Crippen LogP contribution in [0.15, 0.2) is 18.2 Å². The zero-order valence-corrected chi connectivity index (χ0v) is 10.9. The molecule has 0 saturated heterocycles. The van der Waals surface area contributed by atoms with E-state index < -0.39 is 11.7 Å². The summed E-state index contributed by atoms with van der Waals surface area (Å²) in [6, 6.07) is 3.99. The monoisotopic (exact) mass is 277 g/mol. The predicted octanol–water partition coefficient (Wildman–Crippen LogP) is 4.06. The van der Waals surface area contributed by atoms with Gasteiger partial charge in [0.05, 0.1) is 5.56 Å². The molecule has 2 atom stereocenters. The Hall–Kier alpha value is -0.740. The molecule has 1 fully saturated rings. The first-order valence-corrected chi connectivity index (χ1v) is 6.14. The third kappa shape index (κ3) is 2.12. The van der Waals surface area contributed by atoms with Crippen LogP contribution in [-0.2, 0) is 6.18 Å². The van der Waals surface area contributed by atoms with Gasteiger partial charge in [-0.2, -0.15) is 13.2 Å². The molecule has 100 valence electrons. The molecule has 0 radical (unpaired) electrons. The van der Waals surface area contributed by atoms with Crippen molar-refractivity contribution < 1.29 is 13.2 Å². The lowest BCUT2D eigenvalue weighted by Gasteiger charge is -2.14. The molecule has 1 nitrogen and oxygen atoms in total. The molecule has 5 heteroatoms. The van der Waals surface area contributed by atoms with E-state index in [0.717, 1.165) is 6.07 Å². The topological polar surface area (TPSA) is 26.0 Å². The number of rotatable bonds is 2. The van der Waals surface area contributed by atoms with Gasteiger partial charge in [-0.05, 0) is 41.5 Å². The van der Waals surface area contributed by atoms with Crippen molar-refractivity contribution in [2.75, 3.05) is 6.54 Å². The fraction of sp³-hybridized carbons (Fsp3) is 0.538. The van der Waals surface area contributed by atoms with E-state index in [2.05, 4.69) is 0 Å². The van der Waals surface area contributed by atoms with Crippen molar-refractivity contribution in [1.29, 1.82) is 0 Å². The van der Waals surface area contributed by atoms with Crippen molar-refractivity contribution in [3.63, 3.8) is 0 Å². The Bertz CT molecular complexity index is 468. The summed E-state index contributed by atoms with van der Waals surface area (Å²) in [6.07, 6.45) is -4.38. The second-order valence-electron chi connectivity index (χ2n) is 5.37. The molecule has 18 heavy (non-hydrogen) atoms. The van der Waals surface area contributed by atoms with Crippen LogP contribution < -0.4 is 5.73 Å². The summed E-state index contributed by atoms with van der Waals surface area (Å²) in [7, 11) is 0. The summed E-state index contributed by atoms with van der Waals surface area (Å²) in [4.78, 5) is 0. The van der Waals surface area contributed by atoms with Crippen molar-refractivity contribution >= 4 is 11.6 Å². The summed E-state index contributed by atoms with van der Waals surface area (Å²) < 4.78 is 39.0. The van der Waals surface area contributed by atoms with Gasteiger partial charge in [0, 0.05) is 5.02 Å². The third-order valence-electron chi connectivity index (χ3n) is 3.96. The van der Waals surface area contributed by atoms with Crippen LogP contribution in [0.5, 0.6) is 0 Å². The Morgan fingerprint density at radius 2 is 1.94 bits per heavy atom. The summed E-state index contributed by atoms with van der Waals surface area (Å²) >= 11 is 5.66. The van der Waals surface area contributed by atoms with E-state index in [1.807, 2.05) is 13.8 Å². The highest BCUT2D eigenvalue weighted by molar-refractivity contribution is 6.30. The van der Waals surface area contributed by atoms with E-state index in [9.17, 15) is 13.2 Å². The minimum Gasteiger partial charge on any atom is -0.330 e. The summed E-state index contributed by atoms with van der Waals surface area (Å²) in [5.74, 6) is -0.0452. The third-order valence-corrected chi connectivity index (χ3v) is 4.20. The summed E-state index contributed by atoms with van der Waals surface area (Å²) in [6.45, 7) is 4.30. The van der Waals surface area contributed by atoms with Crippen molar-refractivity contribution in [3.05, 3.63) is 34.3 Å². The number of halogens is 4. The molecule has 2 rings (SSSR count). The van der Waals surface area contributed by atoms with Gasteiger partial charge in [0.15, 0.2) is 0 Å². The van der Waals surface area contributed by atoms with Gasteiger partial charge < -0.3 is 5.73 Å². The molecule has 0 amide bonds. The highest BCUT2D eigenvalue weighted by Gasteiger charge is 2.58. The van der Waals surface area contributed by atoms with Crippen LogP contribution in [0.25, 0.3) is 0 Å². The van der Waals surface area contributed by atoms with E-state index in [0.29, 0.717) is 12.1 Å². The average molecular weight is 278 g/mol. The molecular weight excluding hydrogens is 263 g/mol. The Labute approximate surface area is 109 Å². The molecular formula is C13H15ClF3N. The van der Waals surface area contributed by atoms with Gasteiger partial charge in [0.2, 0.25) is 0 Å². The van der Waals surface area contributed by atoms with E-state index in [4.69, 9.17) is 17.3 Å². The van der Waals surface area contributed by atoms with Crippen LogP contribution in [0.2, 0.25) is 5.02 Å². The van der Waals surface area contributed by atoms with Crippen LogP contribution in [0, 0.1) is 11.3 Å². The van der Waals surface area contributed by atoms with E-state index in [1.54, 1.807) is 0 Å². The summed E-state index contributed by atoms with van der Waals surface area (Å²) in [5.41, 5.74) is 5.12. The van der Waals surface area contributed by atoms with Crippen LogP contribution in [-0.4, -0.2) is 6.54 Å². The predicted molar refractivity (Wildman–Crippen MR) is 65.5 cm³/mol. The molecule has 2 N–H and O–H groups in total. The number of hydrogen-bond acceptors (Lipinski definition) is 1. The van der Waals surface area contributed by atoms with Gasteiger partial charge in [0.25, 0.3) is 0 Å². The standard InChI is InChI=1S/C13H15ClF3N/c1-12(2)10(6-18)11(12)8-4-3-7(14)5-9(8)13(15,16)17/h3-5,10-11H,6,18H2,1-2H3/t10-,11-/m1/s1. The zero-order chi connectivity index (χ0) is 13.7. The van der Waals surface area contributed by atoms with Gasteiger partial charge >= 0.3 is 6.18 Å². The Balaban J connectivity index is 2.47. The number of hydrogen-bond donors (Lipinski definition) is 1. The largest absolute Gasteiger partial charge is 0.416 e. The molecule has 0 spiro atoms. The SMILES string of the molecule is CC1(C)[C@H](CN)[C@H]1c1ccc(Cl)cc1C(F)(F)F. The number of benzene rings is 1. The van der Waals surface area contributed by atoms with Crippen molar-refractivity contribution in [1.82, 2.24) is 0 Å². The van der Waals surface area contributed by atoms with Crippen LogP contribution in [0.3, 0.4) is 0 Å². The molecule has 0 aromatic heterocycles. The fourth-order valence-corrected chi connectivity index (χ4v) is 3.02. The minimum atomic E-state index is -4.38.